The predicted octanol–water partition coefficient (Wildman–Crippen LogP) is 3.26. The molecule has 2 aliphatic rings. The Morgan fingerprint density at radius 1 is 1.39 bits per heavy atom. The van der Waals surface area contributed by atoms with Crippen molar-refractivity contribution >= 4 is 0 Å². The minimum Gasteiger partial charge on any atom is -0.494 e. The lowest BCUT2D eigenvalue weighted by atomic mass is 9.79. The third-order valence-corrected chi connectivity index (χ3v) is 5.05. The zero-order chi connectivity index (χ0) is 16.3. The highest BCUT2D eigenvalue weighted by molar-refractivity contribution is 5.31. The molecule has 0 unspecified atom stereocenters. The highest BCUT2D eigenvalue weighted by atomic mass is 19.1. The van der Waals surface area contributed by atoms with E-state index in [9.17, 15) is 9.65 Å². The number of hydrogen-bond donors (Lipinski definition) is 0. The second kappa shape index (κ2) is 6.86. The van der Waals surface area contributed by atoms with Gasteiger partial charge in [-0.3, -0.25) is 4.90 Å². The van der Waals surface area contributed by atoms with E-state index in [-0.39, 0.29) is 23.2 Å². The molecule has 2 heterocycles. The van der Waals surface area contributed by atoms with Gasteiger partial charge in [0.2, 0.25) is 0 Å². The predicted molar refractivity (Wildman–Crippen MR) is 84.5 cm³/mol. The van der Waals surface area contributed by atoms with Gasteiger partial charge in [-0.15, -0.1) is 0 Å². The number of methoxy groups -OCH3 is 1. The lowest BCUT2D eigenvalue weighted by Crippen LogP contribution is -2.58. The van der Waals surface area contributed by atoms with E-state index in [1.165, 1.54) is 7.11 Å². The molecular weight excluding hydrogens is 295 g/mol. The third kappa shape index (κ3) is 3.06. The number of nitrogens with zero attached hydrogens (tertiary/aromatic N) is 2. The van der Waals surface area contributed by atoms with Crippen molar-refractivity contribution in [3.8, 4) is 11.8 Å². The highest BCUT2D eigenvalue weighted by Gasteiger charge is 2.46. The summed E-state index contributed by atoms with van der Waals surface area (Å²) in [5.74, 6) is -0.0903. The van der Waals surface area contributed by atoms with Crippen LogP contribution < -0.4 is 4.74 Å². The Kier molecular flexibility index (Phi) is 4.84. The van der Waals surface area contributed by atoms with Crippen LogP contribution in [0.1, 0.15) is 37.7 Å². The van der Waals surface area contributed by atoms with E-state index in [1.807, 2.05) is 0 Å². The van der Waals surface area contributed by atoms with Crippen molar-refractivity contribution in [3.05, 3.63) is 29.6 Å². The van der Waals surface area contributed by atoms with Crippen molar-refractivity contribution < 1.29 is 13.9 Å². The molecular formula is C18H23FN2O2. The van der Waals surface area contributed by atoms with E-state index in [4.69, 9.17) is 9.47 Å². The number of piperidine rings is 1. The molecule has 0 amide bonds. The van der Waals surface area contributed by atoms with Crippen molar-refractivity contribution in [1.29, 1.82) is 5.26 Å². The summed E-state index contributed by atoms with van der Waals surface area (Å²) in [6.07, 6.45) is 4.97. The molecule has 2 atom stereocenters. The van der Waals surface area contributed by atoms with Crippen molar-refractivity contribution in [1.82, 2.24) is 4.90 Å². The maximum absolute atomic E-state index is 14.4. The Morgan fingerprint density at radius 2 is 2.22 bits per heavy atom. The number of likely N-dealkylation sites (tertiary alicyclic amines) is 1. The molecule has 0 radical (unpaired) electrons. The van der Waals surface area contributed by atoms with Crippen LogP contribution in [0.2, 0.25) is 0 Å². The van der Waals surface area contributed by atoms with E-state index in [0.717, 1.165) is 45.3 Å². The van der Waals surface area contributed by atoms with Crippen LogP contribution in [0.3, 0.4) is 0 Å². The maximum atomic E-state index is 14.4. The molecule has 0 bridgehead atoms. The quantitative estimate of drug-likeness (QED) is 0.858. The molecule has 0 N–H and O–H groups in total. The average Bonchev–Trinajstić information content (AvgIpc) is 2.58. The molecule has 0 saturated carbocycles. The molecule has 5 heteroatoms. The minimum atomic E-state index is -0.374. The summed E-state index contributed by atoms with van der Waals surface area (Å²) >= 11 is 0. The molecule has 124 valence electrons. The van der Waals surface area contributed by atoms with Crippen LogP contribution in [0.15, 0.2) is 18.2 Å². The Hall–Kier alpha value is -1.64. The second-order valence-corrected chi connectivity index (χ2v) is 6.41. The van der Waals surface area contributed by atoms with E-state index < -0.39 is 0 Å². The van der Waals surface area contributed by atoms with Gasteiger partial charge >= 0.3 is 0 Å². The van der Waals surface area contributed by atoms with Gasteiger partial charge in [-0.1, -0.05) is 12.1 Å². The largest absolute Gasteiger partial charge is 0.494 e. The maximum Gasteiger partial charge on any atom is 0.169 e. The van der Waals surface area contributed by atoms with Crippen LogP contribution in [-0.4, -0.2) is 36.8 Å². The van der Waals surface area contributed by atoms with E-state index in [1.54, 1.807) is 18.2 Å². The van der Waals surface area contributed by atoms with Gasteiger partial charge in [-0.25, -0.2) is 4.39 Å². The Bertz CT molecular complexity index is 588. The summed E-state index contributed by atoms with van der Waals surface area (Å²) in [6, 6.07) is 7.27. The molecule has 2 fully saturated rings. The zero-order valence-electron chi connectivity index (χ0n) is 13.6. The minimum absolute atomic E-state index is 0.247. The van der Waals surface area contributed by atoms with Crippen LogP contribution in [0, 0.1) is 17.1 Å². The van der Waals surface area contributed by atoms with Gasteiger partial charge in [0.15, 0.2) is 11.6 Å². The topological polar surface area (TPSA) is 45.5 Å². The first kappa shape index (κ1) is 16.2. The smallest absolute Gasteiger partial charge is 0.169 e. The summed E-state index contributed by atoms with van der Waals surface area (Å²) in [6.45, 7) is 1.92. The normalized spacial score (nSPS) is 28.5. The van der Waals surface area contributed by atoms with Gasteiger partial charge in [-0.05, 0) is 44.7 Å². The number of benzene rings is 1. The molecule has 0 aromatic heterocycles. The molecule has 2 aliphatic heterocycles. The monoisotopic (exact) mass is 318 g/mol. The lowest BCUT2D eigenvalue weighted by Gasteiger charge is -2.48. The third-order valence-electron chi connectivity index (χ3n) is 5.05. The Labute approximate surface area is 136 Å². The summed E-state index contributed by atoms with van der Waals surface area (Å²) in [5.41, 5.74) is 0.193. The van der Waals surface area contributed by atoms with E-state index >= 15 is 0 Å². The van der Waals surface area contributed by atoms with E-state index in [2.05, 4.69) is 11.0 Å². The van der Waals surface area contributed by atoms with Gasteiger partial charge in [0.1, 0.15) is 6.04 Å². The summed E-state index contributed by atoms with van der Waals surface area (Å²) < 4.78 is 25.6. The lowest BCUT2D eigenvalue weighted by molar-refractivity contribution is -0.138. The van der Waals surface area contributed by atoms with Gasteiger partial charge in [0.25, 0.3) is 0 Å². The van der Waals surface area contributed by atoms with Gasteiger partial charge in [0.05, 0.1) is 18.8 Å². The summed E-state index contributed by atoms with van der Waals surface area (Å²) in [7, 11) is 1.46. The standard InChI is InChI=1S/C18H23FN2O2/c1-22-15-7-4-6-14(17(15)19)13-21-10-5-9-18(16(21)12-20)8-2-3-11-23-18/h4,6-7,16H,2-3,5,8-11,13H2,1H3/t16-,18+/m0/s1. The van der Waals surface area contributed by atoms with Crippen LogP contribution in [0.5, 0.6) is 5.75 Å². The Balaban J connectivity index is 1.83. The summed E-state index contributed by atoms with van der Waals surface area (Å²) in [5, 5.41) is 9.74. The second-order valence-electron chi connectivity index (χ2n) is 6.41. The van der Waals surface area contributed by atoms with Gasteiger partial charge in [-0.2, -0.15) is 5.26 Å². The molecule has 2 saturated heterocycles. The Morgan fingerprint density at radius 3 is 2.91 bits per heavy atom. The van der Waals surface area contributed by atoms with Crippen molar-refractivity contribution in [3.63, 3.8) is 0 Å². The molecule has 1 aromatic carbocycles. The summed E-state index contributed by atoms with van der Waals surface area (Å²) in [4.78, 5) is 2.06. The van der Waals surface area contributed by atoms with Crippen LogP contribution in [0.4, 0.5) is 4.39 Å². The van der Waals surface area contributed by atoms with Crippen molar-refractivity contribution in [2.24, 2.45) is 0 Å². The first-order valence-corrected chi connectivity index (χ1v) is 8.29. The molecule has 0 aliphatic carbocycles. The zero-order valence-corrected chi connectivity index (χ0v) is 13.6. The first-order chi connectivity index (χ1) is 11.2. The molecule has 23 heavy (non-hydrogen) atoms. The van der Waals surface area contributed by atoms with E-state index in [0.29, 0.717) is 12.1 Å². The average molecular weight is 318 g/mol. The van der Waals surface area contributed by atoms with Crippen molar-refractivity contribution in [2.45, 2.75) is 50.3 Å². The van der Waals surface area contributed by atoms with Crippen molar-refractivity contribution in [2.75, 3.05) is 20.3 Å². The fraction of sp³-hybridized carbons (Fsp3) is 0.611. The number of ether oxygens (including phenoxy) is 2. The molecule has 1 aromatic rings. The SMILES string of the molecule is COc1cccc(CN2CCC[C@]3(CCCCO3)[C@@H]2C#N)c1F. The van der Waals surface area contributed by atoms with Crippen LogP contribution in [0.25, 0.3) is 0 Å². The fourth-order valence-electron chi connectivity index (χ4n) is 3.89. The number of halogens is 1. The van der Waals surface area contributed by atoms with Gasteiger partial charge in [0, 0.05) is 18.7 Å². The number of rotatable bonds is 3. The first-order valence-electron chi connectivity index (χ1n) is 8.29. The fourth-order valence-corrected chi connectivity index (χ4v) is 3.89. The number of nitriles is 1. The molecule has 3 rings (SSSR count). The number of hydrogen-bond acceptors (Lipinski definition) is 4. The molecule has 4 nitrogen and oxygen atoms in total. The van der Waals surface area contributed by atoms with Crippen LogP contribution >= 0.6 is 0 Å². The van der Waals surface area contributed by atoms with Gasteiger partial charge < -0.3 is 9.47 Å². The van der Waals surface area contributed by atoms with Crippen LogP contribution in [-0.2, 0) is 11.3 Å². The highest BCUT2D eigenvalue weighted by Crippen LogP contribution is 2.39. The molecule has 1 spiro atoms.